The van der Waals surface area contributed by atoms with Gasteiger partial charge in [-0.25, -0.2) is 0 Å². The van der Waals surface area contributed by atoms with Gasteiger partial charge in [0.1, 0.15) is 0 Å². The van der Waals surface area contributed by atoms with Crippen molar-refractivity contribution in [1.29, 1.82) is 0 Å². The van der Waals surface area contributed by atoms with Gasteiger partial charge in [-0.3, -0.25) is 0 Å². The molecule has 4 aliphatic carbocycles. The number of allylic oxidation sites excluding steroid dienone is 2. The van der Waals surface area contributed by atoms with E-state index in [9.17, 15) is 5.11 Å². The van der Waals surface area contributed by atoms with Crippen LogP contribution in [-0.2, 0) is 0 Å². The normalized spacial score (nSPS) is 46.1. The summed E-state index contributed by atoms with van der Waals surface area (Å²) in [5.41, 5.74) is 4.17. The smallest absolute Gasteiger partial charge is 0.0628 e. The average Bonchev–Trinajstić information content (AvgIpc) is 3.00. The van der Waals surface area contributed by atoms with Crippen molar-refractivity contribution in [2.45, 2.75) is 119 Å². The van der Waals surface area contributed by atoms with Crippen LogP contribution in [0.2, 0.25) is 0 Å². The van der Waals surface area contributed by atoms with Gasteiger partial charge in [-0.1, -0.05) is 79.2 Å². The summed E-state index contributed by atoms with van der Waals surface area (Å²) in [7, 11) is 0. The summed E-state index contributed by atoms with van der Waals surface area (Å²) in [5.74, 6) is 3.87. The highest BCUT2D eigenvalue weighted by atomic mass is 16.3. The molecule has 0 spiro atoms. The molecule has 0 radical (unpaired) electrons. The van der Waals surface area contributed by atoms with E-state index in [1.807, 2.05) is 0 Å². The Bertz CT molecular complexity index is 773. The lowest BCUT2D eigenvalue weighted by molar-refractivity contribution is -0.124. The van der Waals surface area contributed by atoms with Crippen molar-refractivity contribution < 1.29 is 5.11 Å². The second-order valence-corrected chi connectivity index (χ2v) is 14.1. The SMILES string of the molecule is C=C(CC[C@@H](C)[C@H]1CC[C@@]2(C)[C@@H]3CC=C4C(C)(C)[C@@H](O)CC[C@]4(C)[C@H]3CC[C@]12C)C(C)C. The van der Waals surface area contributed by atoms with Gasteiger partial charge in [-0.15, -0.1) is 0 Å². The second kappa shape index (κ2) is 8.00. The molecule has 0 amide bonds. The van der Waals surface area contributed by atoms with Gasteiger partial charge in [0.2, 0.25) is 0 Å². The van der Waals surface area contributed by atoms with E-state index in [0.29, 0.717) is 16.7 Å². The fraction of sp³-hybridized carbons (Fsp3) is 0.871. The molecule has 3 saturated carbocycles. The summed E-state index contributed by atoms with van der Waals surface area (Å²) in [4.78, 5) is 0. The molecule has 0 heterocycles. The first-order chi connectivity index (χ1) is 14.8. The van der Waals surface area contributed by atoms with Crippen molar-refractivity contribution in [1.82, 2.24) is 0 Å². The van der Waals surface area contributed by atoms with E-state index in [2.05, 4.69) is 68.0 Å². The van der Waals surface area contributed by atoms with Crippen LogP contribution in [0, 0.1) is 51.2 Å². The number of hydrogen-bond acceptors (Lipinski definition) is 1. The van der Waals surface area contributed by atoms with E-state index < -0.39 is 0 Å². The molecule has 1 N–H and O–H groups in total. The van der Waals surface area contributed by atoms with Gasteiger partial charge in [0.05, 0.1) is 6.10 Å². The molecule has 1 heteroatoms. The minimum Gasteiger partial charge on any atom is -0.392 e. The maximum atomic E-state index is 10.8. The number of fused-ring (bicyclic) bond motifs is 5. The van der Waals surface area contributed by atoms with Crippen LogP contribution in [0.3, 0.4) is 0 Å². The maximum Gasteiger partial charge on any atom is 0.0628 e. The van der Waals surface area contributed by atoms with E-state index in [1.165, 1.54) is 56.9 Å². The number of aliphatic hydroxyl groups excluding tert-OH is 1. The van der Waals surface area contributed by atoms with Crippen molar-refractivity contribution in [2.75, 3.05) is 0 Å². The highest BCUT2D eigenvalue weighted by molar-refractivity contribution is 5.32. The Balaban J connectivity index is 1.59. The topological polar surface area (TPSA) is 20.2 Å². The molecule has 4 aliphatic rings. The third kappa shape index (κ3) is 3.34. The van der Waals surface area contributed by atoms with E-state index >= 15 is 0 Å². The highest BCUT2D eigenvalue weighted by Gasteiger charge is 2.65. The molecule has 4 rings (SSSR count). The van der Waals surface area contributed by atoms with Crippen LogP contribution >= 0.6 is 0 Å². The van der Waals surface area contributed by atoms with E-state index in [-0.39, 0.29) is 16.9 Å². The van der Waals surface area contributed by atoms with E-state index in [1.54, 1.807) is 5.57 Å². The summed E-state index contributed by atoms with van der Waals surface area (Å²) in [6, 6.07) is 0. The number of aliphatic hydroxyl groups is 1. The summed E-state index contributed by atoms with van der Waals surface area (Å²) in [6.07, 6.45) is 14.0. The lowest BCUT2D eigenvalue weighted by Crippen LogP contribution is -2.57. The van der Waals surface area contributed by atoms with Gasteiger partial charge in [-0.2, -0.15) is 0 Å². The van der Waals surface area contributed by atoms with Gasteiger partial charge in [0, 0.05) is 5.41 Å². The lowest BCUT2D eigenvalue weighted by atomic mass is 9.40. The molecule has 1 nitrogen and oxygen atoms in total. The molecule has 3 fully saturated rings. The molecule has 0 aliphatic heterocycles. The minimum atomic E-state index is -0.180. The van der Waals surface area contributed by atoms with Gasteiger partial charge in [0.15, 0.2) is 0 Å². The first kappa shape index (κ1) is 24.6. The Hall–Kier alpha value is -0.560. The quantitative estimate of drug-likeness (QED) is 0.424. The van der Waals surface area contributed by atoms with Crippen LogP contribution < -0.4 is 0 Å². The van der Waals surface area contributed by atoms with Gasteiger partial charge in [0.25, 0.3) is 0 Å². The first-order valence-corrected chi connectivity index (χ1v) is 13.9. The fourth-order valence-electron chi connectivity index (χ4n) is 9.64. The van der Waals surface area contributed by atoms with Crippen LogP contribution in [0.25, 0.3) is 0 Å². The van der Waals surface area contributed by atoms with Crippen molar-refractivity contribution in [3.05, 3.63) is 23.8 Å². The van der Waals surface area contributed by atoms with E-state index in [0.717, 1.165) is 30.1 Å². The second-order valence-electron chi connectivity index (χ2n) is 14.1. The molecule has 32 heavy (non-hydrogen) atoms. The summed E-state index contributed by atoms with van der Waals surface area (Å²) in [5, 5.41) is 10.8. The number of rotatable bonds is 5. The van der Waals surface area contributed by atoms with Crippen molar-refractivity contribution >= 4 is 0 Å². The van der Waals surface area contributed by atoms with Crippen LogP contribution in [0.5, 0.6) is 0 Å². The van der Waals surface area contributed by atoms with Crippen LogP contribution in [0.1, 0.15) is 113 Å². The van der Waals surface area contributed by atoms with Crippen LogP contribution in [0.15, 0.2) is 23.8 Å². The Morgan fingerprint density at radius 3 is 2.28 bits per heavy atom. The predicted octanol–water partition coefficient (Wildman–Crippen LogP) is 8.58. The van der Waals surface area contributed by atoms with Crippen molar-refractivity contribution in [3.8, 4) is 0 Å². The fourth-order valence-corrected chi connectivity index (χ4v) is 9.64. The molecule has 0 saturated heterocycles. The van der Waals surface area contributed by atoms with Crippen molar-refractivity contribution in [2.24, 2.45) is 51.2 Å². The van der Waals surface area contributed by atoms with Gasteiger partial charge < -0.3 is 5.11 Å². The van der Waals surface area contributed by atoms with Gasteiger partial charge >= 0.3 is 0 Å². The molecule has 0 aromatic carbocycles. The average molecular weight is 441 g/mol. The highest BCUT2D eigenvalue weighted by Crippen LogP contribution is 2.73. The third-order valence-electron chi connectivity index (χ3n) is 12.3. The lowest BCUT2D eigenvalue weighted by Gasteiger charge is -2.64. The monoisotopic (exact) mass is 440 g/mol. The first-order valence-electron chi connectivity index (χ1n) is 13.9. The van der Waals surface area contributed by atoms with Crippen LogP contribution in [-0.4, -0.2) is 11.2 Å². The third-order valence-corrected chi connectivity index (χ3v) is 12.3. The molecule has 182 valence electrons. The van der Waals surface area contributed by atoms with E-state index in [4.69, 9.17) is 0 Å². The number of hydrogen-bond donors (Lipinski definition) is 1. The van der Waals surface area contributed by atoms with Gasteiger partial charge in [-0.05, 0) is 104 Å². The molecule has 0 unspecified atom stereocenters. The standard InChI is InChI=1S/C31H52O/c1-20(2)21(3)10-11-22(4)23-14-18-31(9)25-12-13-26-28(5,6)27(32)16-17-29(26,7)24(25)15-19-30(23,31)8/h13,20,22-25,27,32H,3,10-12,14-19H2,1-2,4-9H3/t22-,23-,24+,25-,27+,29-,30-,31+/m1/s1. The largest absolute Gasteiger partial charge is 0.392 e. The Kier molecular flexibility index (Phi) is 6.14. The molecule has 8 atom stereocenters. The summed E-state index contributed by atoms with van der Waals surface area (Å²) < 4.78 is 0. The molecular formula is C31H52O. The molecular weight excluding hydrogens is 388 g/mol. The maximum absolute atomic E-state index is 10.8. The summed E-state index contributed by atoms with van der Waals surface area (Å²) >= 11 is 0. The Labute approximate surface area is 199 Å². The molecule has 0 bridgehead atoms. The Morgan fingerprint density at radius 2 is 1.62 bits per heavy atom. The predicted molar refractivity (Wildman–Crippen MR) is 137 cm³/mol. The molecule has 0 aromatic rings. The summed E-state index contributed by atoms with van der Waals surface area (Å²) in [6.45, 7) is 24.0. The zero-order chi connectivity index (χ0) is 23.7. The van der Waals surface area contributed by atoms with Crippen molar-refractivity contribution in [3.63, 3.8) is 0 Å². The zero-order valence-corrected chi connectivity index (χ0v) is 22.6. The van der Waals surface area contributed by atoms with Crippen LogP contribution in [0.4, 0.5) is 0 Å². The molecule has 0 aromatic heterocycles. The Morgan fingerprint density at radius 1 is 0.969 bits per heavy atom. The minimum absolute atomic E-state index is 0.0643. The zero-order valence-electron chi connectivity index (χ0n) is 22.6.